The van der Waals surface area contributed by atoms with Crippen molar-refractivity contribution in [2.45, 2.75) is 91.1 Å². The maximum absolute atomic E-state index is 12.9. The van der Waals surface area contributed by atoms with Gasteiger partial charge in [-0.25, -0.2) is 0 Å². The predicted molar refractivity (Wildman–Crippen MR) is 117 cm³/mol. The van der Waals surface area contributed by atoms with Crippen LogP contribution in [0.25, 0.3) is 0 Å². The minimum atomic E-state index is -0.970. The van der Waals surface area contributed by atoms with Crippen molar-refractivity contribution in [2.24, 2.45) is 29.1 Å². The summed E-state index contributed by atoms with van der Waals surface area (Å²) >= 11 is 0. The number of hydrogen-bond acceptors (Lipinski definition) is 6. The first kappa shape index (κ1) is 24.0. The first-order valence-corrected chi connectivity index (χ1v) is 11.7. The second kappa shape index (κ2) is 9.45. The molecular weight excluding hydrogens is 396 g/mol. The number of carbonyl (C=O) groups is 2. The van der Waals surface area contributed by atoms with E-state index in [1.54, 1.807) is 20.8 Å². The zero-order valence-corrected chi connectivity index (χ0v) is 19.4. The third kappa shape index (κ3) is 5.40. The number of allylic oxidation sites excluding steroid dienone is 3. The van der Waals surface area contributed by atoms with Gasteiger partial charge in [-0.2, -0.15) is 0 Å². The molecule has 3 rings (SSSR count). The van der Waals surface area contributed by atoms with E-state index < -0.39 is 17.6 Å². The van der Waals surface area contributed by atoms with Gasteiger partial charge < -0.3 is 19.7 Å². The molecule has 2 N–H and O–H groups in total. The van der Waals surface area contributed by atoms with Crippen LogP contribution in [0.4, 0.5) is 0 Å². The van der Waals surface area contributed by atoms with Crippen LogP contribution in [0.3, 0.4) is 0 Å². The smallest absolute Gasteiger partial charge is 0.314 e. The van der Waals surface area contributed by atoms with Crippen LogP contribution in [0.5, 0.6) is 0 Å². The largest absolute Gasteiger partial charge is 0.462 e. The maximum atomic E-state index is 12.9. The monoisotopic (exact) mass is 434 g/mol. The van der Waals surface area contributed by atoms with Gasteiger partial charge >= 0.3 is 11.9 Å². The van der Waals surface area contributed by atoms with Gasteiger partial charge in [0, 0.05) is 12.3 Å². The van der Waals surface area contributed by atoms with Gasteiger partial charge in [0.15, 0.2) is 0 Å². The summed E-state index contributed by atoms with van der Waals surface area (Å²) in [6.07, 6.45) is 7.51. The summed E-state index contributed by atoms with van der Waals surface area (Å²) in [6, 6.07) is 0. The Labute approximate surface area is 185 Å². The predicted octanol–water partition coefficient (Wildman–Crippen LogP) is 3.56. The lowest BCUT2D eigenvalue weighted by Gasteiger charge is -2.44. The standard InChI is InChI=1S/C25H38O6/c1-14-10-17-7-6-15(2)20(9-8-19-12-18(27)13-22(28)30-19)23(17)21(11-14)31-24(29)25(4,5)16(3)26/h6-7,10,14-16,18-21,23,26-27H,8-9,11-13H2,1-5H3/t14-,15-,16-,18+,19+,20-,21-,23+/m0/s1. The third-order valence-electron chi connectivity index (χ3n) is 7.48. The molecule has 0 bridgehead atoms. The van der Waals surface area contributed by atoms with Crippen LogP contribution in [0.2, 0.25) is 0 Å². The number of rotatable bonds is 6. The molecule has 1 saturated heterocycles. The summed E-state index contributed by atoms with van der Waals surface area (Å²) in [5.41, 5.74) is 0.234. The fourth-order valence-electron chi connectivity index (χ4n) is 5.10. The van der Waals surface area contributed by atoms with E-state index in [0.29, 0.717) is 24.7 Å². The molecule has 6 heteroatoms. The van der Waals surface area contributed by atoms with Crippen LogP contribution in [0.1, 0.15) is 66.7 Å². The molecule has 1 aliphatic heterocycles. The second-order valence-electron chi connectivity index (χ2n) is 10.4. The van der Waals surface area contributed by atoms with Crippen molar-refractivity contribution in [2.75, 3.05) is 0 Å². The SMILES string of the molecule is C[C@H](O)C(C)(C)C(=O)O[C@H]1C[C@@H](C)C=C2C=C[C@H](C)[C@H](CC[C@@H]3C[C@@H](O)CC(=O)O3)[C@@H]21. The van der Waals surface area contributed by atoms with E-state index in [0.717, 1.165) is 12.8 Å². The normalized spacial score (nSPS) is 36.8. The van der Waals surface area contributed by atoms with Gasteiger partial charge in [-0.1, -0.05) is 32.1 Å². The van der Waals surface area contributed by atoms with Crippen molar-refractivity contribution in [1.29, 1.82) is 0 Å². The van der Waals surface area contributed by atoms with Crippen molar-refractivity contribution in [3.05, 3.63) is 23.8 Å². The highest BCUT2D eigenvalue weighted by Crippen LogP contribution is 2.45. The average molecular weight is 435 g/mol. The number of cyclic esters (lactones) is 1. The first-order valence-electron chi connectivity index (χ1n) is 11.7. The average Bonchev–Trinajstić information content (AvgIpc) is 2.66. The molecular formula is C25H38O6. The topological polar surface area (TPSA) is 93.1 Å². The molecule has 1 fully saturated rings. The minimum Gasteiger partial charge on any atom is -0.462 e. The lowest BCUT2D eigenvalue weighted by molar-refractivity contribution is -0.171. The molecule has 0 amide bonds. The molecule has 2 aliphatic carbocycles. The Morgan fingerprint density at radius 1 is 1.29 bits per heavy atom. The molecule has 174 valence electrons. The van der Waals surface area contributed by atoms with Gasteiger partial charge in [-0.3, -0.25) is 9.59 Å². The minimum absolute atomic E-state index is 0.0730. The number of fused-ring (bicyclic) bond motifs is 1. The summed E-state index contributed by atoms with van der Waals surface area (Å²) < 4.78 is 11.5. The second-order valence-corrected chi connectivity index (χ2v) is 10.4. The van der Waals surface area contributed by atoms with E-state index in [9.17, 15) is 19.8 Å². The van der Waals surface area contributed by atoms with Gasteiger partial charge in [-0.05, 0) is 63.4 Å². The Morgan fingerprint density at radius 3 is 2.65 bits per heavy atom. The highest BCUT2D eigenvalue weighted by molar-refractivity contribution is 5.77. The fraction of sp³-hybridized carbons (Fsp3) is 0.760. The molecule has 0 aromatic carbocycles. The van der Waals surface area contributed by atoms with Crippen molar-refractivity contribution in [3.63, 3.8) is 0 Å². The molecule has 3 aliphatic rings. The third-order valence-corrected chi connectivity index (χ3v) is 7.48. The molecule has 0 aromatic heterocycles. The zero-order chi connectivity index (χ0) is 22.9. The van der Waals surface area contributed by atoms with Crippen LogP contribution < -0.4 is 0 Å². The number of ether oxygens (including phenoxy) is 2. The Hall–Kier alpha value is -1.66. The Balaban J connectivity index is 1.77. The molecule has 6 nitrogen and oxygen atoms in total. The van der Waals surface area contributed by atoms with Gasteiger partial charge in [0.05, 0.1) is 24.0 Å². The summed E-state index contributed by atoms with van der Waals surface area (Å²) in [5, 5.41) is 20.0. The molecule has 0 unspecified atom stereocenters. The van der Waals surface area contributed by atoms with Gasteiger partial charge in [-0.15, -0.1) is 0 Å². The van der Waals surface area contributed by atoms with Crippen molar-refractivity contribution < 1.29 is 29.3 Å². The zero-order valence-electron chi connectivity index (χ0n) is 19.4. The summed E-state index contributed by atoms with van der Waals surface area (Å²) in [4.78, 5) is 24.6. The maximum Gasteiger partial charge on any atom is 0.314 e. The van der Waals surface area contributed by atoms with Crippen molar-refractivity contribution in [3.8, 4) is 0 Å². The van der Waals surface area contributed by atoms with E-state index in [4.69, 9.17) is 9.47 Å². The molecule has 0 saturated carbocycles. The Bertz CT molecular complexity index is 736. The van der Waals surface area contributed by atoms with Crippen LogP contribution in [0.15, 0.2) is 23.8 Å². The Morgan fingerprint density at radius 2 is 2.00 bits per heavy atom. The van der Waals surface area contributed by atoms with Gasteiger partial charge in [0.2, 0.25) is 0 Å². The lowest BCUT2D eigenvalue weighted by atomic mass is 9.65. The van der Waals surface area contributed by atoms with E-state index in [1.807, 2.05) is 0 Å². The van der Waals surface area contributed by atoms with Crippen LogP contribution in [0, 0.1) is 29.1 Å². The quantitative estimate of drug-likeness (QED) is 0.621. The lowest BCUT2D eigenvalue weighted by Crippen LogP contribution is -2.45. The van der Waals surface area contributed by atoms with Gasteiger partial charge in [0.25, 0.3) is 0 Å². The molecule has 0 spiro atoms. The molecule has 31 heavy (non-hydrogen) atoms. The summed E-state index contributed by atoms with van der Waals surface area (Å²) in [6.45, 7) is 9.35. The fourth-order valence-corrected chi connectivity index (χ4v) is 5.10. The van der Waals surface area contributed by atoms with Crippen LogP contribution >= 0.6 is 0 Å². The van der Waals surface area contributed by atoms with E-state index in [1.165, 1.54) is 5.57 Å². The molecule has 0 aromatic rings. The van der Waals surface area contributed by atoms with E-state index >= 15 is 0 Å². The van der Waals surface area contributed by atoms with E-state index in [-0.39, 0.29) is 42.4 Å². The first-order chi connectivity index (χ1) is 14.5. The van der Waals surface area contributed by atoms with Crippen molar-refractivity contribution in [1.82, 2.24) is 0 Å². The van der Waals surface area contributed by atoms with Crippen LogP contribution in [-0.2, 0) is 19.1 Å². The van der Waals surface area contributed by atoms with Crippen LogP contribution in [-0.4, -0.2) is 46.6 Å². The van der Waals surface area contributed by atoms with Crippen molar-refractivity contribution >= 4 is 11.9 Å². The summed E-state index contributed by atoms with van der Waals surface area (Å²) in [5.74, 6) is 0.214. The molecule has 1 heterocycles. The highest BCUT2D eigenvalue weighted by Gasteiger charge is 2.44. The number of esters is 2. The highest BCUT2D eigenvalue weighted by atomic mass is 16.6. The number of aliphatic hydroxyl groups excluding tert-OH is 2. The van der Waals surface area contributed by atoms with E-state index in [2.05, 4.69) is 32.1 Å². The number of aliphatic hydroxyl groups is 2. The molecule has 8 atom stereocenters. The Kier molecular flexibility index (Phi) is 7.32. The number of hydrogen-bond donors (Lipinski definition) is 2. The molecule has 0 radical (unpaired) electrons. The number of carbonyl (C=O) groups excluding carboxylic acids is 2. The van der Waals surface area contributed by atoms with Gasteiger partial charge in [0.1, 0.15) is 12.2 Å². The summed E-state index contributed by atoms with van der Waals surface area (Å²) in [7, 11) is 0.